The first-order chi connectivity index (χ1) is 13.0. The zero-order chi connectivity index (χ0) is 21.1. The number of aryl methyl sites for hydroxylation is 1. The van der Waals surface area contributed by atoms with Crippen molar-refractivity contribution in [2.24, 2.45) is 4.99 Å². The molecule has 0 radical (unpaired) electrons. The quantitative estimate of drug-likeness (QED) is 0.515. The standard InChI is InChI=1S/C16H17F2N2O7P/c1-8-14(21)12(10(5-19-8)7-27-28(24,25)26)6-20-13-4-9(16(22)23)2-3-11(13)15(17)18/h4-5,21H,2-3,6-7H2,1H3,(H,22,23)(H2,24,25,26). The molecule has 0 aromatic carbocycles. The largest absolute Gasteiger partial charge is 0.506 e. The molecule has 0 saturated heterocycles. The smallest absolute Gasteiger partial charge is 0.469 e. The highest BCUT2D eigenvalue weighted by molar-refractivity contribution is 7.46. The highest BCUT2D eigenvalue weighted by Gasteiger charge is 2.23. The maximum absolute atomic E-state index is 13.2. The lowest BCUT2D eigenvalue weighted by Crippen LogP contribution is -2.14. The van der Waals surface area contributed by atoms with Gasteiger partial charge in [0.15, 0.2) is 0 Å². The lowest BCUT2D eigenvalue weighted by atomic mass is 9.93. The molecule has 0 saturated carbocycles. The van der Waals surface area contributed by atoms with Crippen LogP contribution in [0.5, 0.6) is 5.75 Å². The number of hydrogen-bond acceptors (Lipinski definition) is 6. The predicted octanol–water partition coefficient (Wildman–Crippen LogP) is 2.60. The molecule has 28 heavy (non-hydrogen) atoms. The number of phosphoric ester groups is 1. The molecule has 0 fully saturated rings. The summed E-state index contributed by atoms with van der Waals surface area (Å²) in [6.07, 6.45) is -0.000152. The van der Waals surface area contributed by atoms with E-state index in [0.717, 1.165) is 6.08 Å². The summed E-state index contributed by atoms with van der Waals surface area (Å²) in [6, 6.07) is 0. The molecule has 0 atom stereocenters. The van der Waals surface area contributed by atoms with Gasteiger partial charge in [0.25, 0.3) is 6.08 Å². The fraction of sp³-hybridized carbons (Fsp3) is 0.312. The minimum atomic E-state index is -4.79. The van der Waals surface area contributed by atoms with Crippen LogP contribution in [0.3, 0.4) is 0 Å². The highest BCUT2D eigenvalue weighted by Crippen LogP contribution is 2.38. The number of rotatable bonds is 6. The molecule has 1 aliphatic rings. The Morgan fingerprint density at radius 3 is 2.61 bits per heavy atom. The molecule has 12 heteroatoms. The van der Waals surface area contributed by atoms with Crippen molar-refractivity contribution in [2.75, 3.05) is 0 Å². The van der Waals surface area contributed by atoms with Gasteiger partial charge in [0, 0.05) is 28.5 Å². The van der Waals surface area contributed by atoms with Crippen molar-refractivity contribution in [3.8, 4) is 5.75 Å². The Morgan fingerprint density at radius 1 is 1.36 bits per heavy atom. The highest BCUT2D eigenvalue weighted by atomic mass is 31.2. The number of nitrogens with zero attached hydrogens (tertiary/aromatic N) is 2. The summed E-state index contributed by atoms with van der Waals surface area (Å²) < 4.78 is 41.6. The van der Waals surface area contributed by atoms with Crippen LogP contribution in [0.2, 0.25) is 0 Å². The van der Waals surface area contributed by atoms with Crippen molar-refractivity contribution >= 4 is 19.5 Å². The number of aliphatic imine (C=N–C) groups is 1. The number of carbonyl (C=O) groups is 1. The van der Waals surface area contributed by atoms with Gasteiger partial charge in [-0.15, -0.1) is 0 Å². The number of aromatic nitrogens is 1. The summed E-state index contributed by atoms with van der Waals surface area (Å²) in [5.74, 6) is -1.58. The number of aromatic hydroxyl groups is 1. The molecule has 0 bridgehead atoms. The molecule has 0 amide bonds. The molecule has 1 aromatic heterocycles. The number of carboxylic acids is 1. The van der Waals surface area contributed by atoms with Crippen molar-refractivity contribution < 1.29 is 42.7 Å². The monoisotopic (exact) mass is 418 g/mol. The second kappa shape index (κ2) is 8.70. The molecule has 1 heterocycles. The van der Waals surface area contributed by atoms with Crippen LogP contribution in [-0.2, 0) is 27.0 Å². The number of hydrogen-bond donors (Lipinski definition) is 4. The topological polar surface area (TPSA) is 150 Å². The van der Waals surface area contributed by atoms with Crippen LogP contribution in [0.25, 0.3) is 0 Å². The molecule has 152 valence electrons. The number of pyridine rings is 1. The van der Waals surface area contributed by atoms with Gasteiger partial charge in [0.1, 0.15) is 5.75 Å². The van der Waals surface area contributed by atoms with Crippen molar-refractivity contribution in [2.45, 2.75) is 32.9 Å². The summed E-state index contributed by atoms with van der Waals surface area (Å²) >= 11 is 0. The Bertz CT molecular complexity index is 933. The van der Waals surface area contributed by atoms with Gasteiger partial charge in [0.2, 0.25) is 0 Å². The molecule has 4 N–H and O–H groups in total. The van der Waals surface area contributed by atoms with Crippen LogP contribution in [0.15, 0.2) is 34.5 Å². The maximum Gasteiger partial charge on any atom is 0.469 e. The van der Waals surface area contributed by atoms with E-state index in [2.05, 4.69) is 14.5 Å². The van der Waals surface area contributed by atoms with Crippen molar-refractivity contribution in [1.29, 1.82) is 0 Å². The zero-order valence-electron chi connectivity index (χ0n) is 14.6. The van der Waals surface area contributed by atoms with E-state index in [0.29, 0.717) is 0 Å². The number of aliphatic carboxylic acids is 1. The normalized spacial score (nSPS) is 16.2. The van der Waals surface area contributed by atoms with Gasteiger partial charge in [-0.05, 0) is 25.8 Å². The Hall–Kier alpha value is -2.46. The van der Waals surface area contributed by atoms with E-state index in [-0.39, 0.29) is 53.2 Å². The van der Waals surface area contributed by atoms with Gasteiger partial charge in [-0.25, -0.2) is 9.36 Å². The van der Waals surface area contributed by atoms with E-state index in [9.17, 15) is 23.2 Å². The van der Waals surface area contributed by atoms with Gasteiger partial charge in [-0.1, -0.05) is 0 Å². The molecular weight excluding hydrogens is 401 g/mol. The summed E-state index contributed by atoms with van der Waals surface area (Å²) in [5.41, 5.74) is -0.359. The predicted molar refractivity (Wildman–Crippen MR) is 92.8 cm³/mol. The molecule has 1 aromatic rings. The molecular formula is C16H17F2N2O7P. The van der Waals surface area contributed by atoms with Gasteiger partial charge < -0.3 is 20.0 Å². The Labute approximate surface area is 158 Å². The lowest BCUT2D eigenvalue weighted by molar-refractivity contribution is -0.132. The zero-order valence-corrected chi connectivity index (χ0v) is 15.5. The van der Waals surface area contributed by atoms with Gasteiger partial charge in [-0.2, -0.15) is 8.78 Å². The molecule has 2 rings (SSSR count). The van der Waals surface area contributed by atoms with Crippen LogP contribution in [0.4, 0.5) is 8.78 Å². The molecule has 0 aliphatic heterocycles. The van der Waals surface area contributed by atoms with Crippen molar-refractivity contribution in [1.82, 2.24) is 4.98 Å². The van der Waals surface area contributed by atoms with E-state index >= 15 is 0 Å². The van der Waals surface area contributed by atoms with E-state index in [1.54, 1.807) is 0 Å². The maximum atomic E-state index is 13.2. The summed E-state index contributed by atoms with van der Waals surface area (Å²) in [5, 5.41) is 19.3. The third-order valence-corrected chi connectivity index (χ3v) is 4.46. The fourth-order valence-electron chi connectivity index (χ4n) is 2.52. The van der Waals surface area contributed by atoms with E-state index in [1.165, 1.54) is 13.1 Å². The number of phosphoric acid groups is 1. The van der Waals surface area contributed by atoms with Gasteiger partial charge in [-0.3, -0.25) is 14.5 Å². The summed E-state index contributed by atoms with van der Waals surface area (Å²) in [7, 11) is -4.79. The van der Waals surface area contributed by atoms with E-state index < -0.39 is 32.1 Å². The van der Waals surface area contributed by atoms with Gasteiger partial charge >= 0.3 is 13.8 Å². The SMILES string of the molecule is Cc1ncc(COP(=O)(O)O)c(CN=C2C=C(C(=O)O)CCC2=C(F)F)c1O. The molecule has 9 nitrogen and oxygen atoms in total. The number of halogens is 2. The van der Waals surface area contributed by atoms with Crippen LogP contribution in [0, 0.1) is 6.92 Å². The second-order valence-corrected chi connectivity index (χ2v) is 7.11. The van der Waals surface area contributed by atoms with Crippen LogP contribution in [-0.4, -0.2) is 36.7 Å². The Morgan fingerprint density at radius 2 is 2.04 bits per heavy atom. The van der Waals surface area contributed by atoms with E-state index in [1.807, 2.05) is 0 Å². The number of allylic oxidation sites excluding steroid dienone is 2. The minimum absolute atomic E-state index is 0.0674. The second-order valence-electron chi connectivity index (χ2n) is 5.88. The van der Waals surface area contributed by atoms with Crippen LogP contribution >= 0.6 is 7.82 Å². The van der Waals surface area contributed by atoms with Crippen molar-refractivity contribution in [3.05, 3.63) is 46.3 Å². The fourth-order valence-corrected chi connectivity index (χ4v) is 2.82. The molecule has 0 spiro atoms. The Kier molecular flexibility index (Phi) is 6.78. The first-order valence-electron chi connectivity index (χ1n) is 7.89. The average molecular weight is 418 g/mol. The molecule has 0 unspecified atom stereocenters. The first-order valence-corrected chi connectivity index (χ1v) is 9.42. The number of carboxylic acid groups (broad SMARTS) is 1. The van der Waals surface area contributed by atoms with E-state index in [4.69, 9.17) is 14.9 Å². The summed E-state index contributed by atoms with van der Waals surface area (Å²) in [4.78, 5) is 36.6. The first kappa shape index (κ1) is 21.8. The third kappa shape index (κ3) is 5.52. The third-order valence-electron chi connectivity index (χ3n) is 3.99. The summed E-state index contributed by atoms with van der Waals surface area (Å²) in [6.45, 7) is 0.515. The minimum Gasteiger partial charge on any atom is -0.506 e. The van der Waals surface area contributed by atoms with Gasteiger partial charge in [0.05, 0.1) is 24.6 Å². The Balaban J connectivity index is 2.43. The van der Waals surface area contributed by atoms with Crippen molar-refractivity contribution in [3.63, 3.8) is 0 Å². The molecule has 1 aliphatic carbocycles. The van der Waals surface area contributed by atoms with Crippen LogP contribution < -0.4 is 0 Å². The average Bonchev–Trinajstić information content (AvgIpc) is 2.60. The lowest BCUT2D eigenvalue weighted by Gasteiger charge is -2.16. The van der Waals surface area contributed by atoms with Crippen LogP contribution in [0.1, 0.15) is 29.7 Å².